The fourth-order valence-corrected chi connectivity index (χ4v) is 3.95. The molecule has 150 valence electrons. The van der Waals surface area contributed by atoms with E-state index >= 15 is 0 Å². The molecule has 0 N–H and O–H groups in total. The van der Waals surface area contributed by atoms with Crippen molar-refractivity contribution in [3.8, 4) is 11.3 Å². The molecule has 0 spiro atoms. The van der Waals surface area contributed by atoms with Crippen molar-refractivity contribution in [2.24, 2.45) is 0 Å². The molecule has 1 fully saturated rings. The topological polar surface area (TPSA) is 72.1 Å². The Morgan fingerprint density at radius 2 is 2.00 bits per heavy atom. The second kappa shape index (κ2) is 7.73. The van der Waals surface area contributed by atoms with Crippen molar-refractivity contribution in [3.05, 3.63) is 64.7 Å². The summed E-state index contributed by atoms with van der Waals surface area (Å²) in [4.78, 5) is 24.3. The number of carbonyl (C=O) groups is 1. The summed E-state index contributed by atoms with van der Waals surface area (Å²) in [5, 5.41) is 4.02. The van der Waals surface area contributed by atoms with Crippen molar-refractivity contribution in [1.29, 1.82) is 0 Å². The van der Waals surface area contributed by atoms with E-state index in [1.807, 2.05) is 26.8 Å². The molecule has 0 radical (unpaired) electrons. The molecule has 3 aromatic rings. The van der Waals surface area contributed by atoms with Crippen LogP contribution in [-0.2, 0) is 0 Å². The van der Waals surface area contributed by atoms with Crippen molar-refractivity contribution in [1.82, 2.24) is 20.0 Å². The second-order valence-corrected chi connectivity index (χ2v) is 7.47. The van der Waals surface area contributed by atoms with E-state index in [2.05, 4.69) is 10.1 Å². The summed E-state index contributed by atoms with van der Waals surface area (Å²) in [6, 6.07) is 7.46. The van der Waals surface area contributed by atoms with E-state index in [0.717, 1.165) is 41.9 Å². The lowest BCUT2D eigenvalue weighted by molar-refractivity contribution is 0.0599. The molecule has 0 aliphatic carbocycles. The molecule has 6 nitrogen and oxygen atoms in total. The first-order valence-corrected chi connectivity index (χ1v) is 9.79. The second-order valence-electron chi connectivity index (χ2n) is 7.47. The van der Waals surface area contributed by atoms with Gasteiger partial charge in [0.2, 0.25) is 0 Å². The third-order valence-corrected chi connectivity index (χ3v) is 5.29. The predicted octanol–water partition coefficient (Wildman–Crippen LogP) is 4.56. The molecular formula is C22H23FN4O2. The summed E-state index contributed by atoms with van der Waals surface area (Å²) in [6.07, 6.45) is 2.65. The largest absolute Gasteiger partial charge is 0.361 e. The van der Waals surface area contributed by atoms with Crippen LogP contribution in [0.15, 0.2) is 34.9 Å². The molecule has 1 saturated heterocycles. The fraction of sp³-hybridized carbons (Fsp3) is 0.364. The standard InChI is InChI=1S/C22H23FN4O2/c1-13-11-18(20-14(2)26-29-15(20)3)25-21(24-13)19-9-4-5-10-27(19)22(28)16-7-6-8-17(23)12-16/h6-8,11-12,19H,4-5,9-10H2,1-3H3/t19-/m1/s1. The lowest BCUT2D eigenvalue weighted by Crippen LogP contribution is -2.39. The number of nitrogens with zero attached hydrogens (tertiary/aromatic N) is 4. The molecule has 3 heterocycles. The Bertz CT molecular complexity index is 1040. The molecule has 1 aromatic carbocycles. The minimum absolute atomic E-state index is 0.196. The highest BCUT2D eigenvalue weighted by molar-refractivity contribution is 5.94. The van der Waals surface area contributed by atoms with Crippen LogP contribution < -0.4 is 0 Å². The number of likely N-dealkylation sites (tertiary alicyclic amines) is 1. The Hall–Kier alpha value is -3.09. The maximum atomic E-state index is 13.6. The minimum Gasteiger partial charge on any atom is -0.361 e. The number of hydrogen-bond acceptors (Lipinski definition) is 5. The molecular weight excluding hydrogens is 371 g/mol. The maximum Gasteiger partial charge on any atom is 0.254 e. The number of halogens is 1. The van der Waals surface area contributed by atoms with Crippen LogP contribution in [0.2, 0.25) is 0 Å². The van der Waals surface area contributed by atoms with Gasteiger partial charge < -0.3 is 9.42 Å². The van der Waals surface area contributed by atoms with Crippen LogP contribution in [0.5, 0.6) is 0 Å². The van der Waals surface area contributed by atoms with Gasteiger partial charge in [-0.1, -0.05) is 11.2 Å². The van der Waals surface area contributed by atoms with Crippen molar-refractivity contribution in [3.63, 3.8) is 0 Å². The van der Waals surface area contributed by atoms with Crippen molar-refractivity contribution >= 4 is 5.91 Å². The summed E-state index contributed by atoms with van der Waals surface area (Å²) in [6.45, 7) is 6.24. The number of rotatable bonds is 3. The zero-order chi connectivity index (χ0) is 20.5. The van der Waals surface area contributed by atoms with Gasteiger partial charge in [0, 0.05) is 17.8 Å². The number of carbonyl (C=O) groups excluding carboxylic acids is 1. The SMILES string of the molecule is Cc1cc(-c2c(C)noc2C)nc([C@H]2CCCCN2C(=O)c2cccc(F)c2)n1. The number of hydrogen-bond donors (Lipinski definition) is 0. The summed E-state index contributed by atoms with van der Waals surface area (Å²) in [7, 11) is 0. The van der Waals surface area contributed by atoms with E-state index in [-0.39, 0.29) is 11.9 Å². The minimum atomic E-state index is -0.420. The maximum absolute atomic E-state index is 13.6. The van der Waals surface area contributed by atoms with Gasteiger partial charge >= 0.3 is 0 Å². The highest BCUT2D eigenvalue weighted by Gasteiger charge is 2.31. The first-order chi connectivity index (χ1) is 13.9. The monoisotopic (exact) mass is 394 g/mol. The summed E-state index contributed by atoms with van der Waals surface area (Å²) >= 11 is 0. The van der Waals surface area contributed by atoms with Gasteiger partial charge in [0.15, 0.2) is 5.82 Å². The molecule has 7 heteroatoms. The number of benzene rings is 1. The van der Waals surface area contributed by atoms with E-state index in [0.29, 0.717) is 23.7 Å². The van der Waals surface area contributed by atoms with Gasteiger partial charge in [-0.15, -0.1) is 0 Å². The Morgan fingerprint density at radius 1 is 1.17 bits per heavy atom. The van der Waals surface area contributed by atoms with Gasteiger partial charge in [0.25, 0.3) is 5.91 Å². The average molecular weight is 394 g/mol. The molecule has 0 bridgehead atoms. The van der Waals surface area contributed by atoms with Crippen LogP contribution >= 0.6 is 0 Å². The van der Waals surface area contributed by atoms with Crippen LogP contribution in [0.25, 0.3) is 11.3 Å². The molecule has 0 saturated carbocycles. The Balaban J connectivity index is 1.73. The molecule has 1 atom stereocenters. The van der Waals surface area contributed by atoms with E-state index in [1.165, 1.54) is 12.1 Å². The van der Waals surface area contributed by atoms with E-state index in [4.69, 9.17) is 9.51 Å². The zero-order valence-electron chi connectivity index (χ0n) is 16.8. The summed E-state index contributed by atoms with van der Waals surface area (Å²) in [5.74, 6) is 0.683. The quantitative estimate of drug-likeness (QED) is 0.651. The van der Waals surface area contributed by atoms with E-state index < -0.39 is 5.82 Å². The van der Waals surface area contributed by atoms with E-state index in [1.54, 1.807) is 17.0 Å². The van der Waals surface area contributed by atoms with Crippen LogP contribution in [0.3, 0.4) is 0 Å². The lowest BCUT2D eigenvalue weighted by atomic mass is 9.99. The summed E-state index contributed by atoms with van der Waals surface area (Å²) < 4.78 is 18.9. The first-order valence-electron chi connectivity index (χ1n) is 9.79. The Labute approximate surface area is 168 Å². The van der Waals surface area contributed by atoms with Gasteiger partial charge in [-0.05, 0) is 64.3 Å². The first kappa shape index (κ1) is 19.2. The molecule has 1 aliphatic heterocycles. The van der Waals surface area contributed by atoms with Gasteiger partial charge in [-0.3, -0.25) is 4.79 Å². The normalized spacial score (nSPS) is 16.8. The fourth-order valence-electron chi connectivity index (χ4n) is 3.95. The zero-order valence-corrected chi connectivity index (χ0v) is 16.8. The average Bonchev–Trinajstić information content (AvgIpc) is 3.05. The van der Waals surface area contributed by atoms with Gasteiger partial charge in [0.1, 0.15) is 11.6 Å². The van der Waals surface area contributed by atoms with Crippen molar-refractivity contribution < 1.29 is 13.7 Å². The van der Waals surface area contributed by atoms with E-state index in [9.17, 15) is 9.18 Å². The highest BCUT2D eigenvalue weighted by Crippen LogP contribution is 2.33. The number of aromatic nitrogens is 3. The highest BCUT2D eigenvalue weighted by atomic mass is 19.1. The third kappa shape index (κ3) is 3.77. The Morgan fingerprint density at radius 3 is 2.72 bits per heavy atom. The van der Waals surface area contributed by atoms with Gasteiger partial charge in [0.05, 0.1) is 23.0 Å². The van der Waals surface area contributed by atoms with Crippen molar-refractivity contribution in [2.75, 3.05) is 6.54 Å². The van der Waals surface area contributed by atoms with Crippen LogP contribution in [0.1, 0.15) is 58.6 Å². The van der Waals surface area contributed by atoms with Crippen LogP contribution in [0, 0.1) is 26.6 Å². The molecule has 2 aromatic heterocycles. The van der Waals surface area contributed by atoms with Gasteiger partial charge in [-0.25, -0.2) is 14.4 Å². The lowest BCUT2D eigenvalue weighted by Gasteiger charge is -2.35. The van der Waals surface area contributed by atoms with Crippen molar-refractivity contribution in [2.45, 2.75) is 46.1 Å². The Kier molecular flexibility index (Phi) is 5.13. The smallest absolute Gasteiger partial charge is 0.254 e. The van der Waals surface area contributed by atoms with Gasteiger partial charge in [-0.2, -0.15) is 0 Å². The number of aryl methyl sites for hydroxylation is 3. The van der Waals surface area contributed by atoms with Crippen LogP contribution in [0.4, 0.5) is 4.39 Å². The summed E-state index contributed by atoms with van der Waals surface area (Å²) in [5.41, 5.74) is 3.52. The number of amides is 1. The predicted molar refractivity (Wildman–Crippen MR) is 106 cm³/mol. The number of piperidine rings is 1. The molecule has 29 heavy (non-hydrogen) atoms. The van der Waals surface area contributed by atoms with Crippen LogP contribution in [-0.4, -0.2) is 32.5 Å². The third-order valence-electron chi connectivity index (χ3n) is 5.29. The molecule has 0 unspecified atom stereocenters. The molecule has 1 amide bonds. The molecule has 1 aliphatic rings. The molecule has 4 rings (SSSR count).